The van der Waals surface area contributed by atoms with Crippen LogP contribution in [0.25, 0.3) is 0 Å². The molecule has 6 heteroatoms. The van der Waals surface area contributed by atoms with Crippen LogP contribution in [0.5, 0.6) is 0 Å². The molecule has 1 aromatic rings. The average molecular weight is 274 g/mol. The molecule has 0 bridgehead atoms. The average Bonchev–Trinajstić information content (AvgIpc) is 2.17. The fraction of sp³-hybridized carbons (Fsp3) is 0.556. The molecule has 0 saturated heterocycles. The van der Waals surface area contributed by atoms with Crippen LogP contribution in [0.1, 0.15) is 13.8 Å². The molecule has 0 aliphatic rings. The zero-order valence-electron chi connectivity index (χ0n) is 9.16. The quantitative estimate of drug-likeness (QED) is 0.645. The Hall–Kier alpha value is -0.880. The SMILES string of the molecule is CC(C)CN(C)c1ncnc(NN)c1Br. The maximum atomic E-state index is 5.33. The van der Waals surface area contributed by atoms with Gasteiger partial charge >= 0.3 is 0 Å². The summed E-state index contributed by atoms with van der Waals surface area (Å²) in [6, 6.07) is 0. The maximum absolute atomic E-state index is 5.33. The number of nitrogens with one attached hydrogen (secondary N) is 1. The largest absolute Gasteiger partial charge is 0.358 e. The third-order valence-corrected chi connectivity index (χ3v) is 2.64. The topological polar surface area (TPSA) is 67.1 Å². The molecule has 0 aromatic carbocycles. The molecule has 0 saturated carbocycles. The van der Waals surface area contributed by atoms with Gasteiger partial charge in [-0.3, -0.25) is 0 Å². The summed E-state index contributed by atoms with van der Waals surface area (Å²) in [6.07, 6.45) is 1.49. The van der Waals surface area contributed by atoms with E-state index in [0.717, 1.165) is 16.8 Å². The van der Waals surface area contributed by atoms with Crippen molar-refractivity contribution in [1.82, 2.24) is 9.97 Å². The first-order valence-corrected chi connectivity index (χ1v) is 5.53. The minimum Gasteiger partial charge on any atom is -0.358 e. The van der Waals surface area contributed by atoms with E-state index in [-0.39, 0.29) is 0 Å². The summed E-state index contributed by atoms with van der Waals surface area (Å²) in [5, 5.41) is 0. The monoisotopic (exact) mass is 273 g/mol. The molecule has 0 aliphatic carbocycles. The van der Waals surface area contributed by atoms with Crippen LogP contribution in [0, 0.1) is 5.92 Å². The summed E-state index contributed by atoms with van der Waals surface area (Å²) in [6.45, 7) is 5.25. The Balaban J connectivity index is 2.93. The van der Waals surface area contributed by atoms with Gasteiger partial charge in [-0.15, -0.1) is 0 Å². The molecule has 0 atom stereocenters. The Morgan fingerprint density at radius 3 is 2.73 bits per heavy atom. The van der Waals surface area contributed by atoms with Crippen LogP contribution in [-0.2, 0) is 0 Å². The number of nitrogen functional groups attached to an aromatic ring is 1. The molecule has 0 aliphatic heterocycles. The third kappa shape index (κ3) is 3.04. The molecule has 5 nitrogen and oxygen atoms in total. The Kier molecular flexibility index (Phi) is 4.28. The second kappa shape index (κ2) is 5.27. The van der Waals surface area contributed by atoms with Crippen LogP contribution in [-0.4, -0.2) is 23.6 Å². The summed E-state index contributed by atoms with van der Waals surface area (Å²) in [4.78, 5) is 10.3. The van der Waals surface area contributed by atoms with Gasteiger partial charge < -0.3 is 10.3 Å². The van der Waals surface area contributed by atoms with E-state index in [1.807, 2.05) is 7.05 Å². The molecule has 0 amide bonds. The van der Waals surface area contributed by atoms with Crippen molar-refractivity contribution in [2.75, 3.05) is 23.9 Å². The van der Waals surface area contributed by atoms with Gasteiger partial charge in [0.2, 0.25) is 0 Å². The van der Waals surface area contributed by atoms with Crippen molar-refractivity contribution in [3.63, 3.8) is 0 Å². The van der Waals surface area contributed by atoms with Crippen LogP contribution >= 0.6 is 15.9 Å². The molecule has 1 rings (SSSR count). The Morgan fingerprint density at radius 2 is 2.20 bits per heavy atom. The molecule has 0 radical (unpaired) electrons. The molecule has 3 N–H and O–H groups in total. The zero-order chi connectivity index (χ0) is 11.4. The molecule has 15 heavy (non-hydrogen) atoms. The molecular weight excluding hydrogens is 258 g/mol. The van der Waals surface area contributed by atoms with Crippen LogP contribution in [0.15, 0.2) is 10.8 Å². The Labute approximate surface area is 98.2 Å². The predicted octanol–water partition coefficient (Wildman–Crippen LogP) is 1.62. The van der Waals surface area contributed by atoms with E-state index in [4.69, 9.17) is 5.84 Å². The minimum atomic E-state index is 0.575. The van der Waals surface area contributed by atoms with Gasteiger partial charge in [-0.1, -0.05) is 13.8 Å². The Morgan fingerprint density at radius 1 is 1.53 bits per heavy atom. The molecule has 0 fully saturated rings. The summed E-state index contributed by atoms with van der Waals surface area (Å²) < 4.78 is 0.788. The van der Waals surface area contributed by atoms with Crippen molar-refractivity contribution < 1.29 is 0 Å². The Bertz CT molecular complexity index is 328. The van der Waals surface area contributed by atoms with E-state index in [1.54, 1.807) is 0 Å². The number of hydrazine groups is 1. The summed E-state index contributed by atoms with van der Waals surface area (Å²) in [5.41, 5.74) is 2.52. The number of halogens is 1. The lowest BCUT2D eigenvalue weighted by Crippen LogP contribution is -2.24. The van der Waals surface area contributed by atoms with E-state index in [2.05, 4.69) is 50.1 Å². The van der Waals surface area contributed by atoms with Gasteiger partial charge in [0.1, 0.15) is 16.6 Å². The van der Waals surface area contributed by atoms with E-state index >= 15 is 0 Å². The highest BCUT2D eigenvalue weighted by atomic mass is 79.9. The number of hydrogen-bond donors (Lipinski definition) is 2. The van der Waals surface area contributed by atoms with E-state index in [0.29, 0.717) is 11.7 Å². The van der Waals surface area contributed by atoms with Crippen molar-refractivity contribution in [2.45, 2.75) is 13.8 Å². The third-order valence-electron chi connectivity index (χ3n) is 1.91. The van der Waals surface area contributed by atoms with E-state index in [1.165, 1.54) is 6.33 Å². The van der Waals surface area contributed by atoms with Crippen molar-refractivity contribution >= 4 is 27.6 Å². The van der Waals surface area contributed by atoms with Crippen LogP contribution in [0.3, 0.4) is 0 Å². The number of anilines is 2. The van der Waals surface area contributed by atoms with Crippen LogP contribution < -0.4 is 16.2 Å². The lowest BCUT2D eigenvalue weighted by Gasteiger charge is -2.21. The lowest BCUT2D eigenvalue weighted by molar-refractivity contribution is 0.633. The highest BCUT2D eigenvalue weighted by Gasteiger charge is 2.12. The van der Waals surface area contributed by atoms with Crippen molar-refractivity contribution in [3.05, 3.63) is 10.8 Å². The highest BCUT2D eigenvalue weighted by molar-refractivity contribution is 9.10. The normalized spacial score (nSPS) is 10.5. The summed E-state index contributed by atoms with van der Waals surface area (Å²) >= 11 is 3.42. The first-order chi connectivity index (χ1) is 7.06. The number of rotatable bonds is 4. The van der Waals surface area contributed by atoms with Crippen molar-refractivity contribution in [1.29, 1.82) is 0 Å². The fourth-order valence-corrected chi connectivity index (χ4v) is 1.98. The predicted molar refractivity (Wildman–Crippen MR) is 65.7 cm³/mol. The van der Waals surface area contributed by atoms with E-state index in [9.17, 15) is 0 Å². The zero-order valence-corrected chi connectivity index (χ0v) is 10.7. The smallest absolute Gasteiger partial charge is 0.159 e. The van der Waals surface area contributed by atoms with Gasteiger partial charge in [0, 0.05) is 13.6 Å². The lowest BCUT2D eigenvalue weighted by atomic mass is 10.2. The second-order valence-corrected chi connectivity index (χ2v) is 4.57. The fourth-order valence-electron chi connectivity index (χ4n) is 1.36. The van der Waals surface area contributed by atoms with Crippen LogP contribution in [0.2, 0.25) is 0 Å². The first kappa shape index (κ1) is 12.2. The number of nitrogens with zero attached hydrogens (tertiary/aromatic N) is 3. The van der Waals surface area contributed by atoms with Gasteiger partial charge in [0.05, 0.1) is 0 Å². The number of nitrogens with two attached hydrogens (primary N) is 1. The molecule has 84 valence electrons. The van der Waals surface area contributed by atoms with Crippen LogP contribution in [0.4, 0.5) is 11.6 Å². The maximum Gasteiger partial charge on any atom is 0.159 e. The minimum absolute atomic E-state index is 0.575. The van der Waals surface area contributed by atoms with Crippen molar-refractivity contribution in [3.8, 4) is 0 Å². The first-order valence-electron chi connectivity index (χ1n) is 4.74. The van der Waals surface area contributed by atoms with Gasteiger partial charge in [0.25, 0.3) is 0 Å². The number of aromatic nitrogens is 2. The molecule has 0 spiro atoms. The second-order valence-electron chi connectivity index (χ2n) is 3.78. The van der Waals surface area contributed by atoms with Gasteiger partial charge in [0.15, 0.2) is 5.82 Å². The standard InChI is InChI=1S/C9H16BrN5/c1-6(2)4-15(3)9-7(10)8(14-11)12-5-13-9/h5-6H,4,11H2,1-3H3,(H,12,13,14). The van der Waals surface area contributed by atoms with Crippen molar-refractivity contribution in [2.24, 2.45) is 11.8 Å². The van der Waals surface area contributed by atoms with Gasteiger partial charge in [-0.05, 0) is 21.8 Å². The highest BCUT2D eigenvalue weighted by Crippen LogP contribution is 2.28. The molecule has 1 aromatic heterocycles. The molecular formula is C9H16BrN5. The number of hydrogen-bond acceptors (Lipinski definition) is 5. The molecule has 1 heterocycles. The van der Waals surface area contributed by atoms with E-state index < -0.39 is 0 Å². The molecule has 0 unspecified atom stereocenters. The van der Waals surface area contributed by atoms with Gasteiger partial charge in [-0.25, -0.2) is 15.8 Å². The van der Waals surface area contributed by atoms with Gasteiger partial charge in [-0.2, -0.15) is 0 Å². The summed E-state index contributed by atoms with van der Waals surface area (Å²) in [5.74, 6) is 7.34. The summed E-state index contributed by atoms with van der Waals surface area (Å²) in [7, 11) is 1.99.